The Morgan fingerprint density at radius 3 is 2.42 bits per heavy atom. The Labute approximate surface area is 204 Å². The zero-order valence-corrected chi connectivity index (χ0v) is 19.1. The molecule has 198 valence electrons. The number of hydrogen-bond acceptors (Lipinski definition) is 12. The first-order valence-corrected chi connectivity index (χ1v) is 11.5. The van der Waals surface area contributed by atoms with Gasteiger partial charge >= 0.3 is 0 Å². The van der Waals surface area contributed by atoms with Crippen molar-refractivity contribution in [1.29, 1.82) is 0 Å². The monoisotopic (exact) mass is 512 g/mol. The number of fused-ring (bicyclic) bond motifs is 4. The highest BCUT2D eigenvalue weighted by molar-refractivity contribution is 5.98. The molecule has 3 aliphatic heterocycles. The number of carbonyl (C=O) groups excluding carboxylic acids is 2. The van der Waals surface area contributed by atoms with Crippen LogP contribution in [0.1, 0.15) is 28.8 Å². The third kappa shape index (κ3) is 3.99. The molecule has 2 fully saturated rings. The lowest BCUT2D eigenvalue weighted by Gasteiger charge is -2.51. The lowest BCUT2D eigenvalue weighted by atomic mass is 9.70. The molecule has 1 saturated heterocycles. The van der Waals surface area contributed by atoms with Gasteiger partial charge in [0.15, 0.2) is 17.8 Å². The molecule has 3 heterocycles. The zero-order valence-electron chi connectivity index (χ0n) is 19.1. The van der Waals surface area contributed by atoms with Gasteiger partial charge in [-0.25, -0.2) is 0 Å². The molecule has 0 bridgehead atoms. The molecular weight excluding hydrogens is 484 g/mol. The number of nitrogens with one attached hydrogen (secondary N) is 2. The lowest BCUT2D eigenvalue weighted by Crippen LogP contribution is -2.70. The first-order chi connectivity index (χ1) is 17.1. The topological polar surface area (TPSA) is 216 Å². The third-order valence-corrected chi connectivity index (χ3v) is 7.13. The third-order valence-electron chi connectivity index (χ3n) is 7.13. The van der Waals surface area contributed by atoms with E-state index in [2.05, 4.69) is 10.6 Å². The Morgan fingerprint density at radius 2 is 1.75 bits per heavy atom. The first-order valence-electron chi connectivity index (χ1n) is 11.5. The van der Waals surface area contributed by atoms with Crippen LogP contribution in [0.2, 0.25) is 0 Å². The fraction of sp³-hybridized carbons (Fsp3) is 0.636. The SMILES string of the molecule is CC(=O)N[C@H]1[C@H](O[C@H]2[C@H](O)[C@@H](O)[C@H](O)[C@@H]3NC(=O)c4cc5c(cc4[C@H]32)OCO5)O[C@H](CO)[C@@H](O)[C@@H]1O. The summed E-state index contributed by atoms with van der Waals surface area (Å²) in [6, 6.07) is 0.581. The van der Waals surface area contributed by atoms with E-state index in [1.165, 1.54) is 19.1 Å². The highest BCUT2D eigenvalue weighted by atomic mass is 16.7. The summed E-state index contributed by atoms with van der Waals surface area (Å²) in [4.78, 5) is 24.6. The molecule has 14 heteroatoms. The average molecular weight is 512 g/mol. The van der Waals surface area contributed by atoms with Crippen LogP contribution in [0.3, 0.4) is 0 Å². The molecule has 0 unspecified atom stereocenters. The van der Waals surface area contributed by atoms with E-state index < -0.39 is 85.4 Å². The molecule has 1 aliphatic carbocycles. The van der Waals surface area contributed by atoms with Crippen LogP contribution in [0.15, 0.2) is 12.1 Å². The van der Waals surface area contributed by atoms with Gasteiger partial charge in [-0.15, -0.1) is 0 Å². The quantitative estimate of drug-likeness (QED) is 0.194. The number of aliphatic hydroxyl groups excluding tert-OH is 6. The highest BCUT2D eigenvalue weighted by Crippen LogP contribution is 2.45. The highest BCUT2D eigenvalue weighted by Gasteiger charge is 2.56. The van der Waals surface area contributed by atoms with E-state index >= 15 is 0 Å². The van der Waals surface area contributed by atoms with Crippen LogP contribution in [-0.4, -0.2) is 117 Å². The summed E-state index contributed by atoms with van der Waals surface area (Å²) in [5, 5.41) is 67.8. The lowest BCUT2D eigenvalue weighted by molar-refractivity contribution is -0.302. The maximum atomic E-state index is 12.8. The minimum Gasteiger partial charge on any atom is -0.454 e. The van der Waals surface area contributed by atoms with Crippen LogP contribution in [0.25, 0.3) is 0 Å². The van der Waals surface area contributed by atoms with Gasteiger partial charge < -0.3 is 60.2 Å². The second kappa shape index (κ2) is 9.39. The van der Waals surface area contributed by atoms with Crippen molar-refractivity contribution in [2.45, 2.75) is 73.9 Å². The maximum Gasteiger partial charge on any atom is 0.252 e. The Hall–Kier alpha value is -2.56. The molecule has 8 N–H and O–H groups in total. The van der Waals surface area contributed by atoms with E-state index in [1.54, 1.807) is 0 Å². The number of ether oxygens (including phenoxy) is 4. The molecule has 1 aromatic rings. The summed E-state index contributed by atoms with van der Waals surface area (Å²) in [5.41, 5.74) is 0.519. The molecule has 2 amide bonds. The van der Waals surface area contributed by atoms with Gasteiger partial charge in [0.2, 0.25) is 12.7 Å². The summed E-state index contributed by atoms with van der Waals surface area (Å²) in [7, 11) is 0. The summed E-state index contributed by atoms with van der Waals surface area (Å²) >= 11 is 0. The van der Waals surface area contributed by atoms with Crippen molar-refractivity contribution in [3.63, 3.8) is 0 Å². The van der Waals surface area contributed by atoms with Crippen LogP contribution in [0, 0.1) is 0 Å². The molecule has 1 aromatic carbocycles. The molecule has 36 heavy (non-hydrogen) atoms. The summed E-state index contributed by atoms with van der Waals surface area (Å²) in [6.07, 6.45) is -12.3. The predicted molar refractivity (Wildman–Crippen MR) is 115 cm³/mol. The van der Waals surface area contributed by atoms with Crippen molar-refractivity contribution < 1.29 is 59.2 Å². The molecule has 0 aromatic heterocycles. The van der Waals surface area contributed by atoms with Crippen molar-refractivity contribution in [2.24, 2.45) is 0 Å². The van der Waals surface area contributed by atoms with Crippen LogP contribution < -0.4 is 20.1 Å². The van der Waals surface area contributed by atoms with Crippen LogP contribution >= 0.6 is 0 Å². The fourth-order valence-electron chi connectivity index (χ4n) is 5.35. The molecule has 0 radical (unpaired) electrons. The second-order valence-electron chi connectivity index (χ2n) is 9.32. The fourth-order valence-corrected chi connectivity index (χ4v) is 5.35. The molecule has 0 spiro atoms. The Morgan fingerprint density at radius 1 is 1.06 bits per heavy atom. The van der Waals surface area contributed by atoms with Gasteiger partial charge in [0.25, 0.3) is 5.91 Å². The second-order valence-corrected chi connectivity index (χ2v) is 9.32. The smallest absolute Gasteiger partial charge is 0.252 e. The van der Waals surface area contributed by atoms with Gasteiger partial charge in [0, 0.05) is 18.4 Å². The summed E-state index contributed by atoms with van der Waals surface area (Å²) in [6.45, 7) is 0.429. The largest absolute Gasteiger partial charge is 0.454 e. The number of rotatable bonds is 4. The van der Waals surface area contributed by atoms with Crippen LogP contribution in [-0.2, 0) is 14.3 Å². The van der Waals surface area contributed by atoms with Gasteiger partial charge in [0.05, 0.1) is 18.8 Å². The van der Waals surface area contributed by atoms with E-state index in [0.29, 0.717) is 17.1 Å². The number of benzene rings is 1. The van der Waals surface area contributed by atoms with Crippen molar-refractivity contribution >= 4 is 11.8 Å². The number of amides is 2. The van der Waals surface area contributed by atoms with E-state index in [1.807, 2.05) is 0 Å². The van der Waals surface area contributed by atoms with Crippen molar-refractivity contribution in [1.82, 2.24) is 10.6 Å². The molecular formula is C22H28N2O12. The zero-order chi connectivity index (χ0) is 25.9. The number of carbonyl (C=O) groups is 2. The van der Waals surface area contributed by atoms with Crippen LogP contribution in [0.5, 0.6) is 11.5 Å². The van der Waals surface area contributed by atoms with E-state index in [9.17, 15) is 40.2 Å². The molecule has 11 atom stereocenters. The Kier molecular flexibility index (Phi) is 6.55. The van der Waals surface area contributed by atoms with Crippen molar-refractivity contribution in [3.8, 4) is 11.5 Å². The van der Waals surface area contributed by atoms with E-state index in [-0.39, 0.29) is 12.4 Å². The Balaban J connectivity index is 1.54. The summed E-state index contributed by atoms with van der Waals surface area (Å²) < 4.78 is 22.4. The molecule has 5 rings (SSSR count). The predicted octanol–water partition coefficient (Wildman–Crippen LogP) is -3.96. The minimum absolute atomic E-state index is 0.0606. The van der Waals surface area contributed by atoms with Gasteiger partial charge in [-0.05, 0) is 17.7 Å². The summed E-state index contributed by atoms with van der Waals surface area (Å²) in [5.74, 6) is -1.40. The first kappa shape index (κ1) is 25.1. The number of aliphatic hydroxyl groups is 6. The Bertz CT molecular complexity index is 1040. The minimum atomic E-state index is -1.74. The van der Waals surface area contributed by atoms with Gasteiger partial charge in [0.1, 0.15) is 42.7 Å². The molecule has 4 aliphatic rings. The van der Waals surface area contributed by atoms with Gasteiger partial charge in [-0.1, -0.05) is 0 Å². The van der Waals surface area contributed by atoms with E-state index in [0.717, 1.165) is 0 Å². The normalized spacial score (nSPS) is 41.2. The molecule has 14 nitrogen and oxygen atoms in total. The number of hydrogen-bond donors (Lipinski definition) is 8. The average Bonchev–Trinajstić information content (AvgIpc) is 3.31. The van der Waals surface area contributed by atoms with Gasteiger partial charge in [-0.3, -0.25) is 9.59 Å². The van der Waals surface area contributed by atoms with Gasteiger partial charge in [-0.2, -0.15) is 0 Å². The van der Waals surface area contributed by atoms with E-state index in [4.69, 9.17) is 18.9 Å². The standard InChI is InChI=1S/C22H28N2O12/c1-6(26)23-14-17(29)15(27)11(4-25)35-22(14)36-20-12-7-2-9-10(34-5-33-9)3-8(7)21(32)24-13(12)16(28)18(30)19(20)31/h2-3,11-20,22,25,27-31H,4-5H2,1H3,(H,23,26)(H,24,32)/t11-,12-,13-,14-,15-,16-,17-,18+,19-,20-,22+/m1/s1. The van der Waals surface area contributed by atoms with Crippen LogP contribution in [0.4, 0.5) is 0 Å². The van der Waals surface area contributed by atoms with Crippen molar-refractivity contribution in [3.05, 3.63) is 23.3 Å². The maximum absolute atomic E-state index is 12.8. The van der Waals surface area contributed by atoms with Crippen molar-refractivity contribution in [2.75, 3.05) is 13.4 Å². The molecule has 1 saturated carbocycles.